The average Bonchev–Trinajstić information content (AvgIpc) is 3.23. The van der Waals surface area contributed by atoms with Crippen LogP contribution in [0.1, 0.15) is 50.3 Å². The maximum atomic E-state index is 5.61. The summed E-state index contributed by atoms with van der Waals surface area (Å²) in [4.78, 5) is 12.5. The number of aromatic nitrogens is 2. The second kappa shape index (κ2) is 12.2. The molecule has 0 bridgehead atoms. The van der Waals surface area contributed by atoms with E-state index in [4.69, 9.17) is 14.7 Å². The van der Waals surface area contributed by atoms with Gasteiger partial charge in [0.25, 0.3) is 0 Å². The Balaban J connectivity index is 0.00000289. The molecule has 1 saturated carbocycles. The van der Waals surface area contributed by atoms with Crippen LogP contribution < -0.4 is 10.6 Å². The highest BCUT2D eigenvalue weighted by Crippen LogP contribution is 2.34. The molecule has 3 heterocycles. The van der Waals surface area contributed by atoms with E-state index in [-0.39, 0.29) is 29.5 Å². The molecule has 178 valence electrons. The van der Waals surface area contributed by atoms with Crippen LogP contribution in [0.2, 0.25) is 0 Å². The monoisotopic (exact) mass is 554 g/mol. The number of ether oxygens (including phenoxy) is 1. The lowest BCUT2D eigenvalue weighted by atomic mass is 9.80. The second-order valence-corrected chi connectivity index (χ2v) is 8.91. The molecule has 1 aliphatic heterocycles. The van der Waals surface area contributed by atoms with Gasteiger partial charge in [0.05, 0.1) is 25.5 Å². The van der Waals surface area contributed by atoms with Gasteiger partial charge in [-0.2, -0.15) is 0 Å². The van der Waals surface area contributed by atoms with Crippen molar-refractivity contribution in [2.24, 2.45) is 4.99 Å². The van der Waals surface area contributed by atoms with Gasteiger partial charge >= 0.3 is 0 Å². The van der Waals surface area contributed by atoms with Crippen molar-refractivity contribution in [3.63, 3.8) is 0 Å². The molecule has 2 aromatic rings. The zero-order chi connectivity index (χ0) is 21.5. The SMILES string of the molecule is CCNC(=NCC1(N2CCOCC2)CCCCC1)NCCc1cn2cccc(C)c2n1.I. The number of aryl methyl sites for hydroxylation is 1. The predicted octanol–water partition coefficient (Wildman–Crippen LogP) is 3.39. The van der Waals surface area contributed by atoms with Gasteiger partial charge in [0.2, 0.25) is 0 Å². The van der Waals surface area contributed by atoms with Gasteiger partial charge < -0.3 is 19.8 Å². The molecule has 32 heavy (non-hydrogen) atoms. The summed E-state index contributed by atoms with van der Waals surface area (Å²) in [5.74, 6) is 0.917. The van der Waals surface area contributed by atoms with Gasteiger partial charge in [-0.1, -0.05) is 25.3 Å². The molecule has 8 heteroatoms. The van der Waals surface area contributed by atoms with Crippen molar-refractivity contribution >= 4 is 35.6 Å². The Morgan fingerprint density at radius 2 is 1.97 bits per heavy atom. The molecular formula is C24H39IN6O. The topological polar surface area (TPSA) is 66.2 Å². The molecule has 1 aliphatic carbocycles. The van der Waals surface area contributed by atoms with Crippen molar-refractivity contribution in [1.29, 1.82) is 0 Å². The Morgan fingerprint density at radius 1 is 1.19 bits per heavy atom. The quantitative estimate of drug-likeness (QED) is 0.312. The number of nitrogens with zero attached hydrogens (tertiary/aromatic N) is 4. The first-order valence-electron chi connectivity index (χ1n) is 12.0. The zero-order valence-electron chi connectivity index (χ0n) is 19.6. The maximum absolute atomic E-state index is 5.61. The Morgan fingerprint density at radius 3 is 2.69 bits per heavy atom. The van der Waals surface area contributed by atoms with Crippen LogP contribution in [0, 0.1) is 6.92 Å². The molecular weight excluding hydrogens is 515 g/mol. The van der Waals surface area contributed by atoms with E-state index in [9.17, 15) is 0 Å². The molecule has 2 fully saturated rings. The highest BCUT2D eigenvalue weighted by molar-refractivity contribution is 14.0. The molecule has 2 aliphatic rings. The molecule has 1 saturated heterocycles. The van der Waals surface area contributed by atoms with Gasteiger partial charge in [-0.3, -0.25) is 9.89 Å². The summed E-state index contributed by atoms with van der Waals surface area (Å²) in [5, 5.41) is 6.97. The molecule has 0 radical (unpaired) electrons. The zero-order valence-corrected chi connectivity index (χ0v) is 21.9. The fourth-order valence-electron chi connectivity index (χ4n) is 5.02. The lowest BCUT2D eigenvalue weighted by molar-refractivity contribution is -0.0333. The van der Waals surface area contributed by atoms with E-state index in [1.165, 1.54) is 37.7 Å². The van der Waals surface area contributed by atoms with Crippen LogP contribution in [0.3, 0.4) is 0 Å². The van der Waals surface area contributed by atoms with Crippen LogP contribution in [-0.4, -0.2) is 71.7 Å². The van der Waals surface area contributed by atoms with Crippen LogP contribution in [0.25, 0.3) is 5.65 Å². The number of pyridine rings is 1. The maximum Gasteiger partial charge on any atom is 0.191 e. The lowest BCUT2D eigenvalue weighted by Gasteiger charge is -2.47. The molecule has 0 unspecified atom stereocenters. The molecule has 7 nitrogen and oxygen atoms in total. The van der Waals surface area contributed by atoms with Crippen molar-refractivity contribution in [3.05, 3.63) is 35.8 Å². The third-order valence-electron chi connectivity index (χ3n) is 6.74. The normalized spacial score (nSPS) is 19.5. The summed E-state index contributed by atoms with van der Waals surface area (Å²) in [6.07, 6.45) is 11.5. The van der Waals surface area contributed by atoms with E-state index >= 15 is 0 Å². The highest BCUT2D eigenvalue weighted by Gasteiger charge is 2.38. The Bertz CT molecular complexity index is 870. The Hall–Kier alpha value is -1.39. The van der Waals surface area contributed by atoms with E-state index in [1.54, 1.807) is 0 Å². The van der Waals surface area contributed by atoms with Crippen molar-refractivity contribution in [2.45, 2.75) is 57.9 Å². The molecule has 4 rings (SSSR count). The Kier molecular flexibility index (Phi) is 9.61. The number of hydrogen-bond donors (Lipinski definition) is 2. The summed E-state index contributed by atoms with van der Waals surface area (Å²) < 4.78 is 7.72. The van der Waals surface area contributed by atoms with Crippen LogP contribution in [0.15, 0.2) is 29.5 Å². The standard InChI is InChI=1S/C24H38N6O.HI/c1-3-25-23(26-12-9-21-18-29-13-7-8-20(2)22(29)28-21)27-19-24(10-5-4-6-11-24)30-14-16-31-17-15-30;/h7-8,13,18H,3-6,9-12,14-17,19H2,1-2H3,(H2,25,26,27);1H. The predicted molar refractivity (Wildman–Crippen MR) is 141 cm³/mol. The number of guanidine groups is 1. The van der Waals surface area contributed by atoms with Crippen molar-refractivity contribution in [1.82, 2.24) is 24.9 Å². The number of halogens is 1. The highest BCUT2D eigenvalue weighted by atomic mass is 127. The summed E-state index contributed by atoms with van der Waals surface area (Å²) in [6.45, 7) is 10.5. The smallest absolute Gasteiger partial charge is 0.191 e. The number of fused-ring (bicyclic) bond motifs is 1. The van der Waals surface area contributed by atoms with Crippen LogP contribution in [0.4, 0.5) is 0 Å². The van der Waals surface area contributed by atoms with Crippen molar-refractivity contribution < 1.29 is 4.74 Å². The molecule has 2 N–H and O–H groups in total. The van der Waals surface area contributed by atoms with Crippen molar-refractivity contribution in [3.8, 4) is 0 Å². The summed E-state index contributed by atoms with van der Waals surface area (Å²) in [5.41, 5.74) is 3.55. The largest absolute Gasteiger partial charge is 0.379 e. The minimum absolute atomic E-state index is 0. The summed E-state index contributed by atoms with van der Waals surface area (Å²) >= 11 is 0. The fraction of sp³-hybridized carbons (Fsp3) is 0.667. The van der Waals surface area contributed by atoms with Gasteiger partial charge in [-0.05, 0) is 38.3 Å². The molecule has 0 aromatic carbocycles. The van der Waals surface area contributed by atoms with Gasteiger partial charge in [-0.15, -0.1) is 24.0 Å². The van der Waals surface area contributed by atoms with E-state index < -0.39 is 0 Å². The number of aliphatic imine (C=N–C) groups is 1. The first-order valence-corrected chi connectivity index (χ1v) is 12.0. The Labute approximate surface area is 209 Å². The number of morpholine rings is 1. The van der Waals surface area contributed by atoms with Crippen LogP contribution in [0.5, 0.6) is 0 Å². The molecule has 0 amide bonds. The summed E-state index contributed by atoms with van der Waals surface area (Å²) in [7, 11) is 0. The number of nitrogens with one attached hydrogen (secondary N) is 2. The first-order chi connectivity index (χ1) is 15.2. The summed E-state index contributed by atoms with van der Waals surface area (Å²) in [6, 6.07) is 4.17. The minimum Gasteiger partial charge on any atom is -0.379 e. The second-order valence-electron chi connectivity index (χ2n) is 8.91. The van der Waals surface area contributed by atoms with Gasteiger partial charge in [0, 0.05) is 50.5 Å². The van der Waals surface area contributed by atoms with Crippen LogP contribution >= 0.6 is 24.0 Å². The van der Waals surface area contributed by atoms with Crippen LogP contribution in [-0.2, 0) is 11.2 Å². The molecule has 0 atom stereocenters. The third kappa shape index (κ3) is 6.14. The lowest BCUT2D eigenvalue weighted by Crippen LogP contribution is -2.56. The van der Waals surface area contributed by atoms with Gasteiger partial charge in [-0.25, -0.2) is 4.98 Å². The average molecular weight is 555 g/mol. The number of hydrogen-bond acceptors (Lipinski definition) is 4. The van der Waals surface area contributed by atoms with Crippen molar-refractivity contribution in [2.75, 3.05) is 45.9 Å². The van der Waals surface area contributed by atoms with E-state index in [0.717, 1.165) is 69.7 Å². The number of imidazole rings is 1. The molecule has 0 spiro atoms. The van der Waals surface area contributed by atoms with E-state index in [1.807, 2.05) is 0 Å². The van der Waals surface area contributed by atoms with Gasteiger partial charge in [0.15, 0.2) is 5.96 Å². The van der Waals surface area contributed by atoms with E-state index in [2.05, 4.69) is 58.3 Å². The minimum atomic E-state index is 0. The van der Waals surface area contributed by atoms with Gasteiger partial charge in [0.1, 0.15) is 5.65 Å². The fourth-order valence-corrected chi connectivity index (χ4v) is 5.02. The number of rotatable bonds is 7. The molecule has 2 aromatic heterocycles. The van der Waals surface area contributed by atoms with E-state index in [0.29, 0.717) is 0 Å². The third-order valence-corrected chi connectivity index (χ3v) is 6.74. The first kappa shape index (κ1) is 25.2.